The monoisotopic (exact) mass is 277 g/mol. The molecule has 1 aromatic heterocycles. The van der Waals surface area contributed by atoms with Crippen LogP contribution in [0.15, 0.2) is 4.79 Å². The highest BCUT2D eigenvalue weighted by molar-refractivity contribution is 5.79. The van der Waals surface area contributed by atoms with Gasteiger partial charge in [-0.25, -0.2) is 4.98 Å². The summed E-state index contributed by atoms with van der Waals surface area (Å²) < 4.78 is 0. The highest BCUT2D eigenvalue weighted by Crippen LogP contribution is 2.23. The lowest BCUT2D eigenvalue weighted by Gasteiger charge is -2.29. The van der Waals surface area contributed by atoms with Crippen molar-refractivity contribution in [3.8, 4) is 0 Å². The Bertz CT molecular complexity index is 551. The van der Waals surface area contributed by atoms with E-state index in [1.54, 1.807) is 13.8 Å². The first-order valence-corrected chi connectivity index (χ1v) is 7.33. The number of hydrogen-bond donors (Lipinski definition) is 2. The third-order valence-electron chi connectivity index (χ3n) is 4.14. The summed E-state index contributed by atoms with van der Waals surface area (Å²) in [7, 11) is 0. The molecule has 2 atom stereocenters. The average Bonchev–Trinajstić information content (AvgIpc) is 2.36. The molecule has 5 nitrogen and oxygen atoms in total. The summed E-state index contributed by atoms with van der Waals surface area (Å²) in [6.45, 7) is 5.69. The van der Waals surface area contributed by atoms with E-state index < -0.39 is 0 Å². The summed E-state index contributed by atoms with van der Waals surface area (Å²) in [6.07, 6.45) is 4.72. The molecule has 0 unspecified atom stereocenters. The van der Waals surface area contributed by atoms with Crippen molar-refractivity contribution in [2.24, 2.45) is 5.92 Å². The minimum absolute atomic E-state index is 0.0806. The molecule has 1 saturated carbocycles. The largest absolute Gasteiger partial charge is 0.353 e. The molecule has 1 amide bonds. The highest BCUT2D eigenvalue weighted by Gasteiger charge is 2.23. The summed E-state index contributed by atoms with van der Waals surface area (Å²) in [5.41, 5.74) is 0.900. The Morgan fingerprint density at radius 3 is 2.70 bits per heavy atom. The Morgan fingerprint density at radius 2 is 2.05 bits per heavy atom. The zero-order valence-corrected chi connectivity index (χ0v) is 12.5. The Morgan fingerprint density at radius 1 is 1.35 bits per heavy atom. The summed E-state index contributed by atoms with van der Waals surface area (Å²) in [5, 5.41) is 3.07. The van der Waals surface area contributed by atoms with Gasteiger partial charge in [0.15, 0.2) is 0 Å². The van der Waals surface area contributed by atoms with Gasteiger partial charge in [-0.2, -0.15) is 0 Å². The van der Waals surface area contributed by atoms with E-state index in [0.717, 1.165) is 12.8 Å². The van der Waals surface area contributed by atoms with Crippen molar-refractivity contribution in [1.29, 1.82) is 0 Å². The molecule has 1 aliphatic rings. The quantitative estimate of drug-likeness (QED) is 0.881. The Kier molecular flexibility index (Phi) is 4.57. The zero-order chi connectivity index (χ0) is 14.7. The molecule has 0 spiro atoms. The number of hydrogen-bond acceptors (Lipinski definition) is 3. The van der Waals surface area contributed by atoms with Crippen LogP contribution < -0.4 is 10.9 Å². The van der Waals surface area contributed by atoms with Crippen LogP contribution in [0.5, 0.6) is 0 Å². The average molecular weight is 277 g/mol. The molecule has 2 N–H and O–H groups in total. The van der Waals surface area contributed by atoms with Crippen LogP contribution in [-0.4, -0.2) is 21.9 Å². The number of carbonyl (C=O) groups is 1. The third-order valence-corrected chi connectivity index (χ3v) is 4.14. The summed E-state index contributed by atoms with van der Waals surface area (Å²) in [4.78, 5) is 30.9. The number of aromatic amines is 1. The minimum atomic E-state index is -0.207. The summed E-state index contributed by atoms with van der Waals surface area (Å²) >= 11 is 0. The predicted molar refractivity (Wildman–Crippen MR) is 77.6 cm³/mol. The lowest BCUT2D eigenvalue weighted by molar-refractivity contribution is -0.121. The molecule has 0 saturated heterocycles. The van der Waals surface area contributed by atoms with Gasteiger partial charge in [-0.3, -0.25) is 9.59 Å². The molecule has 2 rings (SSSR count). The fourth-order valence-electron chi connectivity index (χ4n) is 2.91. The van der Waals surface area contributed by atoms with Crippen LogP contribution in [-0.2, 0) is 11.2 Å². The molecule has 0 radical (unpaired) electrons. The van der Waals surface area contributed by atoms with E-state index in [1.807, 2.05) is 0 Å². The number of aryl methyl sites for hydroxylation is 2. The lowest BCUT2D eigenvalue weighted by atomic mass is 9.86. The minimum Gasteiger partial charge on any atom is -0.353 e. The van der Waals surface area contributed by atoms with Crippen LogP contribution in [0, 0.1) is 19.8 Å². The van der Waals surface area contributed by atoms with Gasteiger partial charge in [-0.15, -0.1) is 0 Å². The summed E-state index contributed by atoms with van der Waals surface area (Å²) in [6, 6.07) is 0.244. The molecule has 1 heterocycles. The molecule has 5 heteroatoms. The smallest absolute Gasteiger partial charge is 0.254 e. The summed E-state index contributed by atoms with van der Waals surface area (Å²) in [5.74, 6) is 1.02. The molecule has 0 aliphatic heterocycles. The van der Waals surface area contributed by atoms with E-state index in [-0.39, 0.29) is 23.9 Å². The van der Waals surface area contributed by atoms with Gasteiger partial charge < -0.3 is 10.3 Å². The number of carbonyl (C=O) groups excluding carboxylic acids is 1. The Labute approximate surface area is 119 Å². The van der Waals surface area contributed by atoms with Crippen LogP contribution in [0.3, 0.4) is 0 Å². The molecule has 1 aromatic rings. The van der Waals surface area contributed by atoms with Crippen molar-refractivity contribution in [1.82, 2.24) is 15.3 Å². The van der Waals surface area contributed by atoms with Gasteiger partial charge >= 0.3 is 0 Å². The van der Waals surface area contributed by atoms with Crippen LogP contribution in [0.1, 0.15) is 49.7 Å². The second-order valence-corrected chi connectivity index (χ2v) is 5.83. The van der Waals surface area contributed by atoms with Gasteiger partial charge in [-0.05, 0) is 32.6 Å². The maximum Gasteiger partial charge on any atom is 0.254 e. The van der Waals surface area contributed by atoms with Gasteiger partial charge in [0.1, 0.15) is 5.82 Å². The highest BCUT2D eigenvalue weighted by atomic mass is 16.2. The number of amides is 1. The van der Waals surface area contributed by atoms with Crippen molar-refractivity contribution in [2.45, 2.75) is 58.9 Å². The number of aromatic nitrogens is 2. The number of rotatable bonds is 3. The molecule has 20 heavy (non-hydrogen) atoms. The van der Waals surface area contributed by atoms with Gasteiger partial charge in [0.05, 0.1) is 6.42 Å². The molecular formula is C15H23N3O2. The van der Waals surface area contributed by atoms with Crippen LogP contribution in [0.2, 0.25) is 0 Å². The van der Waals surface area contributed by atoms with E-state index in [4.69, 9.17) is 0 Å². The van der Waals surface area contributed by atoms with E-state index in [2.05, 4.69) is 22.2 Å². The topological polar surface area (TPSA) is 74.8 Å². The van der Waals surface area contributed by atoms with Crippen molar-refractivity contribution in [3.05, 3.63) is 27.4 Å². The van der Waals surface area contributed by atoms with E-state index in [9.17, 15) is 9.59 Å². The fourth-order valence-corrected chi connectivity index (χ4v) is 2.91. The van der Waals surface area contributed by atoms with Crippen molar-refractivity contribution < 1.29 is 4.79 Å². The van der Waals surface area contributed by atoms with Crippen LogP contribution in [0.4, 0.5) is 0 Å². The van der Waals surface area contributed by atoms with Gasteiger partial charge in [-0.1, -0.05) is 19.8 Å². The normalized spacial score (nSPS) is 22.6. The second kappa shape index (κ2) is 6.20. The SMILES string of the molecule is Cc1nc(C)c(CC(=O)N[C@H]2CCCC[C@H]2C)c(=O)[nH]1. The zero-order valence-electron chi connectivity index (χ0n) is 12.5. The van der Waals surface area contributed by atoms with Gasteiger partial charge in [0, 0.05) is 17.3 Å². The molecule has 0 aromatic carbocycles. The Balaban J connectivity index is 2.03. The lowest BCUT2D eigenvalue weighted by Crippen LogP contribution is -2.42. The fraction of sp³-hybridized carbons (Fsp3) is 0.667. The molecular weight excluding hydrogens is 254 g/mol. The van der Waals surface area contributed by atoms with E-state index in [0.29, 0.717) is 23.0 Å². The van der Waals surface area contributed by atoms with Crippen molar-refractivity contribution in [2.75, 3.05) is 0 Å². The number of H-pyrrole nitrogens is 1. The maximum atomic E-state index is 12.1. The third kappa shape index (κ3) is 3.46. The van der Waals surface area contributed by atoms with Crippen molar-refractivity contribution >= 4 is 5.91 Å². The van der Waals surface area contributed by atoms with Crippen LogP contribution >= 0.6 is 0 Å². The molecule has 0 bridgehead atoms. The second-order valence-electron chi connectivity index (χ2n) is 5.83. The first-order valence-electron chi connectivity index (χ1n) is 7.33. The first kappa shape index (κ1) is 14.8. The van der Waals surface area contributed by atoms with Gasteiger partial charge in [0.2, 0.25) is 5.91 Å². The maximum absolute atomic E-state index is 12.1. The van der Waals surface area contributed by atoms with E-state index in [1.165, 1.54) is 12.8 Å². The molecule has 1 aliphatic carbocycles. The Hall–Kier alpha value is -1.65. The predicted octanol–water partition coefficient (Wildman–Crippen LogP) is 1.62. The number of nitrogens with one attached hydrogen (secondary N) is 2. The van der Waals surface area contributed by atoms with Crippen LogP contribution in [0.25, 0.3) is 0 Å². The molecule has 110 valence electrons. The van der Waals surface area contributed by atoms with E-state index >= 15 is 0 Å². The standard InChI is InChI=1S/C15H23N3O2/c1-9-6-4-5-7-13(9)18-14(19)8-12-10(2)16-11(3)17-15(12)20/h9,13H,4-8H2,1-3H3,(H,18,19)(H,16,17,20)/t9-,13+/m1/s1. The molecule has 1 fully saturated rings. The van der Waals surface area contributed by atoms with Gasteiger partial charge in [0.25, 0.3) is 5.56 Å². The number of nitrogens with zero attached hydrogens (tertiary/aromatic N) is 1. The first-order chi connectivity index (χ1) is 9.47. The van der Waals surface area contributed by atoms with Crippen molar-refractivity contribution in [3.63, 3.8) is 0 Å².